The minimum Gasteiger partial charge on any atom is -0.345 e. The van der Waals surface area contributed by atoms with Crippen molar-refractivity contribution in [2.75, 3.05) is 0 Å². The summed E-state index contributed by atoms with van der Waals surface area (Å²) in [5.41, 5.74) is 3.17. The maximum Gasteiger partial charge on any atom is 0.262 e. The van der Waals surface area contributed by atoms with Crippen molar-refractivity contribution < 1.29 is 4.79 Å². The first-order chi connectivity index (χ1) is 10.8. The summed E-state index contributed by atoms with van der Waals surface area (Å²) in [5, 5.41) is 5.04. The van der Waals surface area contributed by atoms with Gasteiger partial charge in [0.15, 0.2) is 0 Å². The standard InChI is InChI=1S/C19H17NOS/c1-14(15-8-4-2-5-9-15)20-19(21)18-17(12-13-22-18)16-10-6-3-7-11-16/h2-14H,1H3,(H,20,21). The van der Waals surface area contributed by atoms with E-state index in [4.69, 9.17) is 0 Å². The summed E-state index contributed by atoms with van der Waals surface area (Å²) in [5.74, 6) is -0.0230. The van der Waals surface area contributed by atoms with Gasteiger partial charge in [0.05, 0.1) is 10.9 Å². The highest BCUT2D eigenvalue weighted by Crippen LogP contribution is 2.28. The summed E-state index contributed by atoms with van der Waals surface area (Å²) >= 11 is 1.48. The predicted octanol–water partition coefficient (Wildman–Crippen LogP) is 4.91. The van der Waals surface area contributed by atoms with Crippen LogP contribution >= 0.6 is 11.3 Å². The normalized spacial score (nSPS) is 11.9. The van der Waals surface area contributed by atoms with Crippen molar-refractivity contribution in [3.8, 4) is 11.1 Å². The van der Waals surface area contributed by atoms with Crippen LogP contribution in [0.3, 0.4) is 0 Å². The molecule has 3 heteroatoms. The Balaban J connectivity index is 1.81. The fourth-order valence-electron chi connectivity index (χ4n) is 2.42. The van der Waals surface area contributed by atoms with Crippen molar-refractivity contribution in [2.45, 2.75) is 13.0 Å². The fourth-order valence-corrected chi connectivity index (χ4v) is 3.24. The lowest BCUT2D eigenvalue weighted by Gasteiger charge is -2.14. The lowest BCUT2D eigenvalue weighted by molar-refractivity contribution is 0.0944. The number of hydrogen-bond donors (Lipinski definition) is 1. The van der Waals surface area contributed by atoms with Gasteiger partial charge < -0.3 is 5.32 Å². The van der Waals surface area contributed by atoms with Crippen molar-refractivity contribution in [3.63, 3.8) is 0 Å². The van der Waals surface area contributed by atoms with Crippen LogP contribution in [0.2, 0.25) is 0 Å². The van der Waals surface area contributed by atoms with E-state index in [-0.39, 0.29) is 11.9 Å². The molecule has 0 saturated heterocycles. The zero-order valence-corrected chi connectivity index (χ0v) is 13.1. The number of carbonyl (C=O) groups excluding carboxylic acids is 1. The molecule has 3 aromatic rings. The number of amides is 1. The second-order valence-electron chi connectivity index (χ2n) is 5.14. The van der Waals surface area contributed by atoms with E-state index in [1.165, 1.54) is 11.3 Å². The van der Waals surface area contributed by atoms with Gasteiger partial charge in [0.1, 0.15) is 0 Å². The van der Waals surface area contributed by atoms with Gasteiger partial charge in [-0.15, -0.1) is 11.3 Å². The molecule has 0 aliphatic rings. The molecule has 0 saturated carbocycles. The molecule has 22 heavy (non-hydrogen) atoms. The van der Waals surface area contributed by atoms with Crippen LogP contribution in [-0.4, -0.2) is 5.91 Å². The van der Waals surface area contributed by atoms with Crippen molar-refractivity contribution in [2.24, 2.45) is 0 Å². The van der Waals surface area contributed by atoms with Crippen molar-refractivity contribution in [1.29, 1.82) is 0 Å². The van der Waals surface area contributed by atoms with Gasteiger partial charge in [0.25, 0.3) is 5.91 Å². The second-order valence-corrected chi connectivity index (χ2v) is 6.05. The van der Waals surface area contributed by atoms with Crippen LogP contribution in [0, 0.1) is 0 Å². The van der Waals surface area contributed by atoms with E-state index in [0.29, 0.717) is 0 Å². The van der Waals surface area contributed by atoms with E-state index in [0.717, 1.165) is 21.6 Å². The molecule has 0 aliphatic carbocycles. The Labute approximate surface area is 134 Å². The van der Waals surface area contributed by atoms with E-state index >= 15 is 0 Å². The van der Waals surface area contributed by atoms with Crippen LogP contribution in [0.4, 0.5) is 0 Å². The lowest BCUT2D eigenvalue weighted by Crippen LogP contribution is -2.26. The van der Waals surface area contributed by atoms with Crippen LogP contribution < -0.4 is 5.32 Å². The summed E-state index contributed by atoms with van der Waals surface area (Å²) in [6.45, 7) is 2.00. The van der Waals surface area contributed by atoms with Crippen molar-refractivity contribution in [3.05, 3.63) is 82.6 Å². The van der Waals surface area contributed by atoms with Gasteiger partial charge in [-0.25, -0.2) is 0 Å². The molecule has 2 nitrogen and oxygen atoms in total. The molecular weight excluding hydrogens is 290 g/mol. The first kappa shape index (κ1) is 14.5. The second kappa shape index (κ2) is 6.58. The van der Waals surface area contributed by atoms with Crippen molar-refractivity contribution in [1.82, 2.24) is 5.32 Å². The number of hydrogen-bond acceptors (Lipinski definition) is 2. The Hall–Kier alpha value is -2.39. The smallest absolute Gasteiger partial charge is 0.262 e. The molecule has 3 rings (SSSR count). The summed E-state index contributed by atoms with van der Waals surface area (Å²) in [6.07, 6.45) is 0. The van der Waals surface area contributed by atoms with Crippen LogP contribution in [0.1, 0.15) is 28.2 Å². The van der Waals surface area contributed by atoms with E-state index < -0.39 is 0 Å². The number of benzene rings is 2. The highest BCUT2D eigenvalue weighted by Gasteiger charge is 2.16. The zero-order valence-electron chi connectivity index (χ0n) is 12.3. The Morgan fingerprint density at radius 3 is 2.27 bits per heavy atom. The molecule has 0 aliphatic heterocycles. The third kappa shape index (κ3) is 3.10. The van der Waals surface area contributed by atoms with Crippen LogP contribution in [-0.2, 0) is 0 Å². The molecule has 0 fully saturated rings. The van der Waals surface area contributed by atoms with Gasteiger partial charge in [0.2, 0.25) is 0 Å². The number of thiophene rings is 1. The van der Waals surface area contributed by atoms with Gasteiger partial charge in [-0.2, -0.15) is 0 Å². The average Bonchev–Trinajstić information content (AvgIpc) is 3.06. The van der Waals surface area contributed by atoms with Gasteiger partial charge in [-0.3, -0.25) is 4.79 Å². The summed E-state index contributed by atoms with van der Waals surface area (Å²) in [6, 6.07) is 22.0. The molecule has 1 amide bonds. The molecule has 0 spiro atoms. The molecule has 2 aromatic carbocycles. The van der Waals surface area contributed by atoms with E-state index in [9.17, 15) is 4.79 Å². The van der Waals surface area contributed by atoms with Crippen LogP contribution in [0.5, 0.6) is 0 Å². The van der Waals surface area contributed by atoms with Gasteiger partial charge in [0, 0.05) is 5.56 Å². The van der Waals surface area contributed by atoms with Crippen molar-refractivity contribution >= 4 is 17.2 Å². The molecule has 1 atom stereocenters. The summed E-state index contributed by atoms with van der Waals surface area (Å²) < 4.78 is 0. The maximum atomic E-state index is 12.6. The molecule has 1 unspecified atom stereocenters. The Kier molecular flexibility index (Phi) is 4.35. The van der Waals surface area contributed by atoms with Crippen LogP contribution in [0.15, 0.2) is 72.1 Å². The summed E-state index contributed by atoms with van der Waals surface area (Å²) in [7, 11) is 0. The zero-order chi connectivity index (χ0) is 15.4. The van der Waals surface area contributed by atoms with Gasteiger partial charge in [-0.05, 0) is 29.5 Å². The van der Waals surface area contributed by atoms with E-state index in [1.54, 1.807) is 0 Å². The first-order valence-corrected chi connectivity index (χ1v) is 8.12. The third-order valence-electron chi connectivity index (χ3n) is 3.60. The highest BCUT2D eigenvalue weighted by molar-refractivity contribution is 7.12. The summed E-state index contributed by atoms with van der Waals surface area (Å²) in [4.78, 5) is 13.3. The molecule has 1 aromatic heterocycles. The van der Waals surface area contributed by atoms with E-state index in [2.05, 4.69) is 5.32 Å². The molecule has 1 N–H and O–H groups in total. The van der Waals surface area contributed by atoms with Crippen LogP contribution in [0.25, 0.3) is 11.1 Å². The average molecular weight is 307 g/mol. The Bertz CT molecular complexity index is 749. The topological polar surface area (TPSA) is 29.1 Å². The molecule has 110 valence electrons. The monoisotopic (exact) mass is 307 g/mol. The molecule has 0 radical (unpaired) electrons. The van der Waals surface area contributed by atoms with Gasteiger partial charge >= 0.3 is 0 Å². The first-order valence-electron chi connectivity index (χ1n) is 7.24. The minimum atomic E-state index is -0.0230. The number of carbonyl (C=O) groups is 1. The number of rotatable bonds is 4. The number of nitrogens with one attached hydrogen (secondary N) is 1. The molecular formula is C19H17NOS. The highest BCUT2D eigenvalue weighted by atomic mass is 32.1. The Morgan fingerprint density at radius 2 is 1.59 bits per heavy atom. The lowest BCUT2D eigenvalue weighted by atomic mass is 10.1. The quantitative estimate of drug-likeness (QED) is 0.729. The molecule has 0 bridgehead atoms. The largest absolute Gasteiger partial charge is 0.345 e. The molecule has 1 heterocycles. The third-order valence-corrected chi connectivity index (χ3v) is 4.52. The predicted molar refractivity (Wildman–Crippen MR) is 92.1 cm³/mol. The minimum absolute atomic E-state index is 0.0144. The Morgan fingerprint density at radius 1 is 0.955 bits per heavy atom. The SMILES string of the molecule is CC(NC(=O)c1sccc1-c1ccccc1)c1ccccc1. The fraction of sp³-hybridized carbons (Fsp3) is 0.105. The van der Waals surface area contributed by atoms with Gasteiger partial charge in [-0.1, -0.05) is 60.7 Å². The maximum absolute atomic E-state index is 12.6. The van der Waals surface area contributed by atoms with E-state index in [1.807, 2.05) is 79.0 Å².